The molecule has 0 amide bonds. The van der Waals surface area contributed by atoms with Crippen LogP contribution in [0.3, 0.4) is 0 Å². The van der Waals surface area contributed by atoms with Gasteiger partial charge in [-0.3, -0.25) is 4.79 Å². The third-order valence-corrected chi connectivity index (χ3v) is 3.05. The monoisotopic (exact) mass is 248 g/mol. The fourth-order valence-electron chi connectivity index (χ4n) is 1.93. The van der Waals surface area contributed by atoms with E-state index < -0.39 is 0 Å². The predicted molar refractivity (Wildman–Crippen MR) is 75.6 cm³/mol. The molecular formula is C16H24O2. The van der Waals surface area contributed by atoms with Crippen LogP contribution in [0.4, 0.5) is 0 Å². The van der Waals surface area contributed by atoms with Crippen LogP contribution in [0.2, 0.25) is 0 Å². The van der Waals surface area contributed by atoms with Gasteiger partial charge in [-0.15, -0.1) is 0 Å². The first-order valence-corrected chi connectivity index (χ1v) is 6.91. The second-order valence-corrected chi connectivity index (χ2v) is 4.98. The molecule has 0 atom stereocenters. The number of ether oxygens (including phenoxy) is 1. The van der Waals surface area contributed by atoms with Crippen LogP contribution in [0, 0.1) is 0 Å². The molecule has 18 heavy (non-hydrogen) atoms. The van der Waals surface area contributed by atoms with E-state index in [1.165, 1.54) is 19.3 Å². The van der Waals surface area contributed by atoms with Gasteiger partial charge in [-0.05, 0) is 36.1 Å². The number of hydrogen-bond donors (Lipinski definition) is 0. The third-order valence-electron chi connectivity index (χ3n) is 3.05. The number of carbonyl (C=O) groups is 1. The number of aldehydes is 1. The van der Waals surface area contributed by atoms with E-state index in [4.69, 9.17) is 4.74 Å². The molecule has 1 aromatic rings. The Morgan fingerprint density at radius 3 is 2.61 bits per heavy atom. The zero-order chi connectivity index (χ0) is 13.4. The summed E-state index contributed by atoms with van der Waals surface area (Å²) in [5.41, 5.74) is 1.84. The van der Waals surface area contributed by atoms with Crippen molar-refractivity contribution in [3.63, 3.8) is 0 Å². The minimum Gasteiger partial charge on any atom is -0.493 e. The first-order valence-electron chi connectivity index (χ1n) is 6.91. The maximum atomic E-state index is 10.8. The molecule has 0 radical (unpaired) electrons. The highest BCUT2D eigenvalue weighted by Crippen LogP contribution is 2.27. The summed E-state index contributed by atoms with van der Waals surface area (Å²) in [6.45, 7) is 7.21. The molecule has 0 aliphatic heterocycles. The van der Waals surface area contributed by atoms with Crippen molar-refractivity contribution in [2.24, 2.45) is 0 Å². The third kappa shape index (κ3) is 4.52. The first-order chi connectivity index (χ1) is 8.69. The normalized spacial score (nSPS) is 10.7. The van der Waals surface area contributed by atoms with E-state index in [0.29, 0.717) is 5.92 Å². The van der Waals surface area contributed by atoms with Gasteiger partial charge in [-0.2, -0.15) is 0 Å². The van der Waals surface area contributed by atoms with E-state index in [1.807, 2.05) is 18.2 Å². The molecule has 0 spiro atoms. The van der Waals surface area contributed by atoms with Gasteiger partial charge in [-0.25, -0.2) is 0 Å². The molecule has 0 N–H and O–H groups in total. The Labute approximate surface area is 110 Å². The van der Waals surface area contributed by atoms with E-state index in [-0.39, 0.29) is 0 Å². The second kappa shape index (κ2) is 7.91. The lowest BCUT2D eigenvalue weighted by molar-refractivity contribution is 0.112. The summed E-state index contributed by atoms with van der Waals surface area (Å²) in [5.74, 6) is 1.29. The summed E-state index contributed by atoms with van der Waals surface area (Å²) >= 11 is 0. The molecule has 0 saturated carbocycles. The largest absolute Gasteiger partial charge is 0.493 e. The maximum Gasteiger partial charge on any atom is 0.150 e. The molecule has 2 heteroatoms. The van der Waals surface area contributed by atoms with Crippen molar-refractivity contribution >= 4 is 6.29 Å². The molecule has 1 aromatic carbocycles. The molecule has 0 aliphatic rings. The van der Waals surface area contributed by atoms with Crippen LogP contribution in [-0.4, -0.2) is 12.9 Å². The number of hydrogen-bond acceptors (Lipinski definition) is 2. The van der Waals surface area contributed by atoms with Gasteiger partial charge in [0.15, 0.2) is 0 Å². The van der Waals surface area contributed by atoms with E-state index in [2.05, 4.69) is 20.8 Å². The molecule has 0 fully saturated rings. The van der Waals surface area contributed by atoms with Crippen LogP contribution >= 0.6 is 0 Å². The van der Waals surface area contributed by atoms with Gasteiger partial charge in [0.2, 0.25) is 0 Å². The number of benzene rings is 1. The molecule has 0 heterocycles. The van der Waals surface area contributed by atoms with Gasteiger partial charge >= 0.3 is 0 Å². The fourth-order valence-corrected chi connectivity index (χ4v) is 1.93. The zero-order valence-corrected chi connectivity index (χ0v) is 11.7. The Balaban J connectivity index is 2.61. The van der Waals surface area contributed by atoms with Gasteiger partial charge in [0, 0.05) is 5.56 Å². The molecular weight excluding hydrogens is 224 g/mol. The Bertz CT molecular complexity index is 369. The highest BCUT2D eigenvalue weighted by molar-refractivity contribution is 5.75. The van der Waals surface area contributed by atoms with Crippen LogP contribution in [0.1, 0.15) is 68.3 Å². The molecule has 1 rings (SSSR count). The van der Waals surface area contributed by atoms with Gasteiger partial charge in [0.25, 0.3) is 0 Å². The van der Waals surface area contributed by atoms with Crippen molar-refractivity contribution in [3.05, 3.63) is 29.3 Å². The lowest BCUT2D eigenvalue weighted by Gasteiger charge is -2.14. The zero-order valence-electron chi connectivity index (χ0n) is 11.7. The van der Waals surface area contributed by atoms with Gasteiger partial charge in [-0.1, -0.05) is 40.0 Å². The van der Waals surface area contributed by atoms with E-state index in [0.717, 1.165) is 36.2 Å². The smallest absolute Gasteiger partial charge is 0.150 e. The van der Waals surface area contributed by atoms with Gasteiger partial charge in [0.1, 0.15) is 12.0 Å². The summed E-state index contributed by atoms with van der Waals surface area (Å²) in [6, 6.07) is 5.66. The van der Waals surface area contributed by atoms with E-state index in [1.54, 1.807) is 0 Å². The average molecular weight is 248 g/mol. The molecule has 0 saturated heterocycles. The molecule has 2 nitrogen and oxygen atoms in total. The SMILES string of the molecule is CCCCCCOc1ccc(C=O)cc1C(C)C. The molecule has 0 bridgehead atoms. The highest BCUT2D eigenvalue weighted by atomic mass is 16.5. The van der Waals surface area contributed by atoms with Crippen molar-refractivity contribution in [2.45, 2.75) is 52.4 Å². The summed E-state index contributed by atoms with van der Waals surface area (Å²) in [5, 5.41) is 0. The Morgan fingerprint density at radius 2 is 2.00 bits per heavy atom. The lowest BCUT2D eigenvalue weighted by atomic mass is 10.00. The molecule has 0 aromatic heterocycles. The van der Waals surface area contributed by atoms with E-state index in [9.17, 15) is 4.79 Å². The van der Waals surface area contributed by atoms with Crippen molar-refractivity contribution < 1.29 is 9.53 Å². The Kier molecular flexibility index (Phi) is 6.48. The summed E-state index contributed by atoms with van der Waals surface area (Å²) < 4.78 is 5.83. The van der Waals surface area contributed by atoms with Crippen LogP contribution in [0.5, 0.6) is 5.75 Å². The van der Waals surface area contributed by atoms with Crippen molar-refractivity contribution in [1.82, 2.24) is 0 Å². The molecule has 0 aliphatic carbocycles. The Morgan fingerprint density at radius 1 is 1.22 bits per heavy atom. The minimum absolute atomic E-state index is 0.371. The number of carbonyl (C=O) groups excluding carboxylic acids is 1. The second-order valence-electron chi connectivity index (χ2n) is 4.98. The van der Waals surface area contributed by atoms with Crippen LogP contribution in [0.15, 0.2) is 18.2 Å². The van der Waals surface area contributed by atoms with Gasteiger partial charge < -0.3 is 4.74 Å². The van der Waals surface area contributed by atoms with Crippen molar-refractivity contribution in [1.29, 1.82) is 0 Å². The summed E-state index contributed by atoms with van der Waals surface area (Å²) in [7, 11) is 0. The Hall–Kier alpha value is -1.31. The molecule has 100 valence electrons. The van der Waals surface area contributed by atoms with Crippen LogP contribution < -0.4 is 4.74 Å². The van der Waals surface area contributed by atoms with Crippen LogP contribution in [-0.2, 0) is 0 Å². The quantitative estimate of drug-likeness (QED) is 0.497. The number of unbranched alkanes of at least 4 members (excludes halogenated alkanes) is 3. The fraction of sp³-hybridized carbons (Fsp3) is 0.562. The standard InChI is InChI=1S/C16H24O2/c1-4-5-6-7-10-18-16-9-8-14(12-17)11-15(16)13(2)3/h8-9,11-13H,4-7,10H2,1-3H3. The predicted octanol–water partition coefficient (Wildman–Crippen LogP) is 4.58. The average Bonchev–Trinajstić information content (AvgIpc) is 2.38. The number of rotatable bonds is 8. The lowest BCUT2D eigenvalue weighted by Crippen LogP contribution is -2.02. The van der Waals surface area contributed by atoms with E-state index >= 15 is 0 Å². The maximum absolute atomic E-state index is 10.8. The van der Waals surface area contributed by atoms with Gasteiger partial charge in [0.05, 0.1) is 6.61 Å². The summed E-state index contributed by atoms with van der Waals surface area (Å²) in [4.78, 5) is 10.8. The van der Waals surface area contributed by atoms with Crippen LogP contribution in [0.25, 0.3) is 0 Å². The first kappa shape index (κ1) is 14.7. The van der Waals surface area contributed by atoms with Crippen molar-refractivity contribution in [3.8, 4) is 5.75 Å². The topological polar surface area (TPSA) is 26.3 Å². The minimum atomic E-state index is 0.371. The van der Waals surface area contributed by atoms with Crippen molar-refractivity contribution in [2.75, 3.05) is 6.61 Å². The summed E-state index contributed by atoms with van der Waals surface area (Å²) in [6.07, 6.45) is 5.72. The molecule has 0 unspecified atom stereocenters. The highest BCUT2D eigenvalue weighted by Gasteiger charge is 2.08.